The zero-order valence-electron chi connectivity index (χ0n) is 8.71. The van der Waals surface area contributed by atoms with Crippen LogP contribution in [0.5, 0.6) is 5.75 Å². The van der Waals surface area contributed by atoms with E-state index in [1.807, 2.05) is 24.3 Å². The van der Waals surface area contributed by atoms with Crippen LogP contribution >= 0.6 is 0 Å². The van der Waals surface area contributed by atoms with E-state index in [-0.39, 0.29) is 10.6 Å². The number of hydrogen-bond acceptors (Lipinski definition) is 3. The predicted molar refractivity (Wildman–Crippen MR) is 65.7 cm³/mol. The molecule has 0 radical (unpaired) electrons. The smallest absolute Gasteiger partial charge is 0.238 e. The highest BCUT2D eigenvalue weighted by Gasteiger charge is 2.14. The maximum atomic E-state index is 11.3. The summed E-state index contributed by atoms with van der Waals surface area (Å²) in [6, 6.07) is 10.2. The first-order valence-electron chi connectivity index (χ1n) is 4.97. The van der Waals surface area contributed by atoms with Crippen LogP contribution in [0.25, 0.3) is 21.5 Å². The number of sulfonamides is 1. The molecule has 0 aliphatic rings. The summed E-state index contributed by atoms with van der Waals surface area (Å²) in [6.07, 6.45) is 0. The van der Waals surface area contributed by atoms with Gasteiger partial charge in [0.1, 0.15) is 5.75 Å². The van der Waals surface area contributed by atoms with Crippen LogP contribution in [0, 0.1) is 0 Å². The second kappa shape index (κ2) is 3.09. The van der Waals surface area contributed by atoms with Crippen molar-refractivity contribution in [3.8, 4) is 5.75 Å². The molecule has 0 aliphatic heterocycles. The standard InChI is InChI=1S/C12H9NO3S/c13-17(15,16)9-5-10-7-1-3-8(4-2-7)12(10)11(14)6-9/h1-6,14H,(H2,13,15,16). The fourth-order valence-corrected chi connectivity index (χ4v) is 2.67. The van der Waals surface area contributed by atoms with Crippen molar-refractivity contribution in [3.05, 3.63) is 36.4 Å². The number of phenolic OH excluding ortho intramolecular Hbond substituents is 1. The van der Waals surface area contributed by atoms with Gasteiger partial charge in [-0.15, -0.1) is 0 Å². The summed E-state index contributed by atoms with van der Waals surface area (Å²) < 4.78 is 22.6. The van der Waals surface area contributed by atoms with Crippen LogP contribution in [0.15, 0.2) is 41.3 Å². The van der Waals surface area contributed by atoms with Gasteiger partial charge in [0.05, 0.1) is 4.90 Å². The monoisotopic (exact) mass is 247 g/mol. The Balaban J connectivity index is 2.55. The molecular weight excluding hydrogens is 238 g/mol. The molecule has 0 saturated carbocycles. The van der Waals surface area contributed by atoms with Crippen LogP contribution < -0.4 is 5.14 Å². The van der Waals surface area contributed by atoms with Crippen molar-refractivity contribution in [3.63, 3.8) is 0 Å². The third kappa shape index (κ3) is 1.44. The van der Waals surface area contributed by atoms with Gasteiger partial charge in [-0.25, -0.2) is 13.6 Å². The van der Waals surface area contributed by atoms with E-state index < -0.39 is 10.0 Å². The Kier molecular flexibility index (Phi) is 1.87. The van der Waals surface area contributed by atoms with E-state index in [1.165, 1.54) is 12.1 Å². The lowest BCUT2D eigenvalue weighted by Crippen LogP contribution is -2.12. The first kappa shape index (κ1) is 10.3. The van der Waals surface area contributed by atoms with Crippen molar-refractivity contribution in [1.29, 1.82) is 0 Å². The molecule has 4 aromatic carbocycles. The normalized spacial score (nSPS) is 12.5. The number of fused-ring (bicyclic) bond motifs is 2. The van der Waals surface area contributed by atoms with Gasteiger partial charge in [-0.1, -0.05) is 24.3 Å². The van der Waals surface area contributed by atoms with E-state index in [4.69, 9.17) is 5.14 Å². The van der Waals surface area contributed by atoms with E-state index in [2.05, 4.69) is 0 Å². The molecule has 3 N–H and O–H groups in total. The number of aromatic hydroxyl groups is 1. The first-order valence-corrected chi connectivity index (χ1v) is 6.52. The topological polar surface area (TPSA) is 80.4 Å². The first-order chi connectivity index (χ1) is 7.97. The van der Waals surface area contributed by atoms with Gasteiger partial charge in [-0.2, -0.15) is 0 Å². The number of primary sulfonamides is 1. The fourth-order valence-electron chi connectivity index (χ4n) is 2.11. The molecule has 17 heavy (non-hydrogen) atoms. The van der Waals surface area contributed by atoms with Crippen LogP contribution in [-0.4, -0.2) is 13.5 Å². The average molecular weight is 247 g/mol. The van der Waals surface area contributed by atoms with Crippen molar-refractivity contribution in [2.45, 2.75) is 4.90 Å². The van der Waals surface area contributed by atoms with Crippen molar-refractivity contribution >= 4 is 31.6 Å². The van der Waals surface area contributed by atoms with Gasteiger partial charge in [0.15, 0.2) is 0 Å². The minimum atomic E-state index is -3.81. The van der Waals surface area contributed by atoms with Gasteiger partial charge >= 0.3 is 0 Å². The van der Waals surface area contributed by atoms with E-state index in [0.29, 0.717) is 10.8 Å². The van der Waals surface area contributed by atoms with E-state index in [9.17, 15) is 13.5 Å². The van der Waals surface area contributed by atoms with E-state index in [1.54, 1.807) is 0 Å². The molecule has 0 atom stereocenters. The minimum absolute atomic E-state index is 0.0623. The van der Waals surface area contributed by atoms with Crippen molar-refractivity contribution < 1.29 is 13.5 Å². The summed E-state index contributed by atoms with van der Waals surface area (Å²) in [7, 11) is -3.81. The molecule has 0 aromatic heterocycles. The Bertz CT molecular complexity index is 804. The summed E-state index contributed by atoms with van der Waals surface area (Å²) in [5.74, 6) is -0.0623. The molecule has 86 valence electrons. The fraction of sp³-hybridized carbons (Fsp3) is 0. The molecule has 0 heterocycles. The lowest BCUT2D eigenvalue weighted by atomic mass is 9.99. The molecule has 5 heteroatoms. The van der Waals surface area contributed by atoms with Crippen LogP contribution in [0.1, 0.15) is 0 Å². The van der Waals surface area contributed by atoms with Crippen LogP contribution in [-0.2, 0) is 10.0 Å². The molecule has 4 aromatic rings. The highest BCUT2D eigenvalue weighted by Crippen LogP contribution is 2.36. The highest BCUT2D eigenvalue weighted by molar-refractivity contribution is 7.89. The molecule has 2 bridgehead atoms. The molecule has 0 unspecified atom stereocenters. The summed E-state index contributed by atoms with van der Waals surface area (Å²) in [6.45, 7) is 0. The largest absolute Gasteiger partial charge is 0.507 e. The van der Waals surface area contributed by atoms with Gasteiger partial charge < -0.3 is 5.11 Å². The van der Waals surface area contributed by atoms with Gasteiger partial charge in [0.2, 0.25) is 10.0 Å². The third-order valence-electron chi connectivity index (χ3n) is 2.90. The molecular formula is C12H9NO3S. The van der Waals surface area contributed by atoms with Gasteiger partial charge in [0.25, 0.3) is 0 Å². The highest BCUT2D eigenvalue weighted by atomic mass is 32.2. The molecule has 0 spiro atoms. The summed E-state index contributed by atoms with van der Waals surface area (Å²) >= 11 is 0. The average Bonchev–Trinajstić information content (AvgIpc) is 2.29. The molecule has 0 fully saturated rings. The molecule has 4 nitrogen and oxygen atoms in total. The van der Waals surface area contributed by atoms with Gasteiger partial charge in [0, 0.05) is 11.5 Å². The van der Waals surface area contributed by atoms with Crippen LogP contribution in [0.3, 0.4) is 0 Å². The zero-order valence-corrected chi connectivity index (χ0v) is 9.53. The Hall–Kier alpha value is -1.85. The second-order valence-corrected chi connectivity index (χ2v) is 5.55. The van der Waals surface area contributed by atoms with Crippen molar-refractivity contribution in [1.82, 2.24) is 0 Å². The number of hydrogen-bond donors (Lipinski definition) is 2. The Morgan fingerprint density at radius 3 is 2.18 bits per heavy atom. The number of nitrogens with two attached hydrogens (primary N) is 1. The molecule has 0 aliphatic carbocycles. The summed E-state index contributed by atoms with van der Waals surface area (Å²) in [4.78, 5) is -0.0730. The maximum absolute atomic E-state index is 11.3. The molecule has 0 amide bonds. The van der Waals surface area contributed by atoms with E-state index >= 15 is 0 Å². The van der Waals surface area contributed by atoms with Gasteiger partial charge in [-0.3, -0.25) is 0 Å². The SMILES string of the molecule is NS(=O)(=O)c1cc(O)c2c3ccc(cc3)c2c1. The second-order valence-electron chi connectivity index (χ2n) is 3.99. The molecule has 0 saturated heterocycles. The number of rotatable bonds is 1. The van der Waals surface area contributed by atoms with E-state index in [0.717, 1.165) is 10.8 Å². The minimum Gasteiger partial charge on any atom is -0.507 e. The number of phenols is 1. The maximum Gasteiger partial charge on any atom is 0.238 e. The zero-order chi connectivity index (χ0) is 12.2. The Labute approximate surface area is 97.7 Å². The number of benzene rings is 4. The summed E-state index contributed by atoms with van der Waals surface area (Å²) in [5.41, 5.74) is 0. The lowest BCUT2D eigenvalue weighted by molar-refractivity contribution is 0.480. The quantitative estimate of drug-likeness (QED) is 0.687. The van der Waals surface area contributed by atoms with Gasteiger partial charge in [-0.05, 0) is 22.2 Å². The Morgan fingerprint density at radius 1 is 1.00 bits per heavy atom. The third-order valence-corrected chi connectivity index (χ3v) is 3.80. The lowest BCUT2D eigenvalue weighted by Gasteiger charge is -2.10. The summed E-state index contributed by atoms with van der Waals surface area (Å²) in [5, 5.41) is 18.1. The van der Waals surface area contributed by atoms with Crippen LogP contribution in [0.2, 0.25) is 0 Å². The van der Waals surface area contributed by atoms with Crippen LogP contribution in [0.4, 0.5) is 0 Å². The molecule has 4 rings (SSSR count). The van der Waals surface area contributed by atoms with Crippen molar-refractivity contribution in [2.75, 3.05) is 0 Å². The Morgan fingerprint density at radius 2 is 1.59 bits per heavy atom. The van der Waals surface area contributed by atoms with Crippen molar-refractivity contribution in [2.24, 2.45) is 5.14 Å². The predicted octanol–water partition coefficient (Wildman–Crippen LogP) is 1.78.